The molecule has 31 heavy (non-hydrogen) atoms. The number of rotatable bonds is 9. The van der Waals surface area contributed by atoms with E-state index < -0.39 is 24.1 Å². The van der Waals surface area contributed by atoms with Gasteiger partial charge in [-0.15, -0.1) is 0 Å². The van der Waals surface area contributed by atoms with Crippen LogP contribution in [0.1, 0.15) is 50.4 Å². The molecule has 1 heterocycles. The topological polar surface area (TPSA) is 70.7 Å². The molecule has 1 saturated carbocycles. The van der Waals surface area contributed by atoms with E-state index in [1.165, 1.54) is 6.07 Å². The van der Waals surface area contributed by atoms with Gasteiger partial charge < -0.3 is 15.4 Å². The van der Waals surface area contributed by atoms with Crippen molar-refractivity contribution >= 4 is 11.8 Å². The lowest BCUT2D eigenvalue weighted by Gasteiger charge is -2.59. The predicted molar refractivity (Wildman–Crippen MR) is 109 cm³/mol. The van der Waals surface area contributed by atoms with E-state index in [0.717, 1.165) is 44.5 Å². The van der Waals surface area contributed by atoms with Crippen LogP contribution in [0.25, 0.3) is 0 Å². The van der Waals surface area contributed by atoms with Gasteiger partial charge in [0.25, 0.3) is 5.91 Å². The molecule has 1 aliphatic carbocycles. The predicted octanol–water partition coefficient (Wildman–Crippen LogP) is 3.17. The zero-order valence-electron chi connectivity index (χ0n) is 18.1. The Bertz CT molecular complexity index is 817. The fourth-order valence-corrected chi connectivity index (χ4v) is 4.46. The minimum atomic E-state index is -3.16. The van der Waals surface area contributed by atoms with E-state index in [-0.39, 0.29) is 22.4 Å². The van der Waals surface area contributed by atoms with Crippen molar-refractivity contribution in [3.63, 3.8) is 0 Å². The summed E-state index contributed by atoms with van der Waals surface area (Å²) in [6.45, 7) is 5.52. The van der Waals surface area contributed by atoms with Crippen LogP contribution < -0.4 is 15.4 Å². The van der Waals surface area contributed by atoms with E-state index >= 15 is 0 Å². The first-order valence-corrected chi connectivity index (χ1v) is 10.6. The number of hydrogen-bond acceptors (Lipinski definition) is 4. The van der Waals surface area contributed by atoms with Crippen LogP contribution in [0.2, 0.25) is 0 Å². The van der Waals surface area contributed by atoms with Crippen LogP contribution >= 0.6 is 0 Å². The van der Waals surface area contributed by atoms with Crippen molar-refractivity contribution in [2.45, 2.75) is 52.2 Å². The highest BCUT2D eigenvalue weighted by molar-refractivity contribution is 5.94. The number of alkyl halides is 2. The lowest BCUT2D eigenvalue weighted by Crippen LogP contribution is -2.65. The average Bonchev–Trinajstić information content (AvgIpc) is 2.62. The Balaban J connectivity index is 1.38. The van der Waals surface area contributed by atoms with Gasteiger partial charge in [0.15, 0.2) is 11.6 Å². The van der Waals surface area contributed by atoms with E-state index in [4.69, 9.17) is 0 Å². The number of hydrogen-bond donors (Lipinski definition) is 2. The molecule has 172 valence electrons. The van der Waals surface area contributed by atoms with Crippen molar-refractivity contribution in [2.75, 3.05) is 26.2 Å². The normalized spacial score (nSPS) is 18.4. The highest BCUT2D eigenvalue weighted by atomic mass is 19.3. The molecule has 2 N–H and O–H groups in total. The molecule has 9 heteroatoms. The largest absolute Gasteiger partial charge is 0.432 e. The summed E-state index contributed by atoms with van der Waals surface area (Å²) in [5.41, 5.74) is 0.0994. The third kappa shape index (κ3) is 5.90. The zero-order valence-corrected chi connectivity index (χ0v) is 18.1. The highest BCUT2D eigenvalue weighted by Gasteiger charge is 2.52. The monoisotopic (exact) mass is 441 g/mol. The number of carbonyl (C=O) groups excluding carboxylic acids is 2. The van der Waals surface area contributed by atoms with Crippen molar-refractivity contribution in [2.24, 2.45) is 11.3 Å². The summed E-state index contributed by atoms with van der Waals surface area (Å²) < 4.78 is 42.2. The molecule has 0 unspecified atom stereocenters. The summed E-state index contributed by atoms with van der Waals surface area (Å²) in [4.78, 5) is 26.5. The van der Waals surface area contributed by atoms with E-state index in [9.17, 15) is 22.8 Å². The van der Waals surface area contributed by atoms with Gasteiger partial charge in [-0.05, 0) is 62.6 Å². The molecule has 1 spiro atoms. The zero-order chi connectivity index (χ0) is 22.8. The fraction of sp³-hybridized carbons (Fsp3) is 0.636. The molecule has 1 saturated heterocycles. The van der Waals surface area contributed by atoms with Crippen LogP contribution in [0.3, 0.4) is 0 Å². The second-order valence-corrected chi connectivity index (χ2v) is 9.44. The van der Waals surface area contributed by atoms with E-state index in [1.54, 1.807) is 0 Å². The molecule has 1 aromatic carbocycles. The first-order chi connectivity index (χ1) is 14.5. The second-order valence-electron chi connectivity index (χ2n) is 9.44. The molecule has 1 aromatic rings. The van der Waals surface area contributed by atoms with Gasteiger partial charge in [0.1, 0.15) is 0 Å². The SMILES string of the molecule is CCC(C)(C)NC(=O)CN1CC2(CC(CNC(=O)c3ccc(F)c(OC(F)F)c3)C2)C1. The van der Waals surface area contributed by atoms with Gasteiger partial charge in [-0.1, -0.05) is 6.92 Å². The minimum Gasteiger partial charge on any atom is -0.432 e. The summed E-state index contributed by atoms with van der Waals surface area (Å²) in [5.74, 6) is -1.67. The molecular formula is C22H30F3N3O3. The van der Waals surface area contributed by atoms with Gasteiger partial charge in [0.05, 0.1) is 6.54 Å². The number of nitrogens with zero attached hydrogens (tertiary/aromatic N) is 1. The van der Waals surface area contributed by atoms with Crippen molar-refractivity contribution in [1.29, 1.82) is 0 Å². The Morgan fingerprint density at radius 2 is 1.97 bits per heavy atom. The van der Waals surface area contributed by atoms with Gasteiger partial charge >= 0.3 is 6.61 Å². The molecule has 2 aliphatic rings. The lowest BCUT2D eigenvalue weighted by molar-refractivity contribution is -0.133. The first kappa shape index (κ1) is 23.4. The number of nitrogens with one attached hydrogen (secondary N) is 2. The Labute approximate surface area is 180 Å². The summed E-state index contributed by atoms with van der Waals surface area (Å²) in [5, 5.41) is 5.82. The van der Waals surface area contributed by atoms with Crippen LogP contribution in [-0.4, -0.2) is 55.0 Å². The maximum Gasteiger partial charge on any atom is 0.387 e. The molecular weight excluding hydrogens is 411 g/mol. The third-order valence-corrected chi connectivity index (χ3v) is 6.25. The van der Waals surface area contributed by atoms with Gasteiger partial charge in [-0.2, -0.15) is 8.78 Å². The molecule has 2 amide bonds. The van der Waals surface area contributed by atoms with Crippen LogP contribution in [0.15, 0.2) is 18.2 Å². The number of halogens is 3. The first-order valence-electron chi connectivity index (χ1n) is 10.6. The van der Waals surface area contributed by atoms with E-state index in [0.29, 0.717) is 19.0 Å². The lowest BCUT2D eigenvalue weighted by atomic mass is 9.57. The number of benzene rings is 1. The molecule has 0 aromatic heterocycles. The average molecular weight is 441 g/mol. The van der Waals surface area contributed by atoms with Gasteiger partial charge in [0, 0.05) is 30.7 Å². The molecule has 0 radical (unpaired) electrons. The van der Waals surface area contributed by atoms with Gasteiger partial charge in [0.2, 0.25) is 5.91 Å². The number of likely N-dealkylation sites (tertiary alicyclic amines) is 1. The van der Waals surface area contributed by atoms with Crippen molar-refractivity contribution in [1.82, 2.24) is 15.5 Å². The van der Waals surface area contributed by atoms with E-state index in [1.807, 2.05) is 20.8 Å². The Hall–Kier alpha value is -2.29. The van der Waals surface area contributed by atoms with Crippen LogP contribution in [0, 0.1) is 17.2 Å². The van der Waals surface area contributed by atoms with Crippen molar-refractivity contribution in [3.05, 3.63) is 29.6 Å². The second kappa shape index (κ2) is 9.06. The Morgan fingerprint density at radius 3 is 2.58 bits per heavy atom. The minimum absolute atomic E-state index is 0.0410. The van der Waals surface area contributed by atoms with Gasteiger partial charge in [-0.3, -0.25) is 14.5 Å². The summed E-state index contributed by atoms with van der Waals surface area (Å²) >= 11 is 0. The standard InChI is InChI=1S/C22H30F3N3O3/c1-4-21(2,3)27-18(29)11-28-12-22(13-28)8-14(9-22)10-26-19(30)15-5-6-16(23)17(7-15)31-20(24)25/h5-7,14,20H,4,8-13H2,1-3H3,(H,26,30)(H,27,29). The maximum absolute atomic E-state index is 13.5. The molecule has 6 nitrogen and oxygen atoms in total. The molecule has 1 aliphatic heterocycles. The van der Waals surface area contributed by atoms with Crippen molar-refractivity contribution in [3.8, 4) is 5.75 Å². The quantitative estimate of drug-likeness (QED) is 0.618. The summed E-state index contributed by atoms with van der Waals surface area (Å²) in [6, 6.07) is 3.15. The van der Waals surface area contributed by atoms with Crippen LogP contribution in [0.4, 0.5) is 13.2 Å². The number of amides is 2. The molecule has 2 fully saturated rings. The summed E-state index contributed by atoms with van der Waals surface area (Å²) in [7, 11) is 0. The Morgan fingerprint density at radius 1 is 1.29 bits per heavy atom. The van der Waals surface area contributed by atoms with Crippen LogP contribution in [0.5, 0.6) is 5.75 Å². The summed E-state index contributed by atoms with van der Waals surface area (Å²) in [6.07, 6.45) is 2.80. The van der Waals surface area contributed by atoms with E-state index in [2.05, 4.69) is 20.3 Å². The number of ether oxygens (including phenoxy) is 1. The Kier molecular flexibility index (Phi) is 6.83. The number of carbonyl (C=O) groups is 2. The van der Waals surface area contributed by atoms with Crippen LogP contribution in [-0.2, 0) is 4.79 Å². The van der Waals surface area contributed by atoms with Gasteiger partial charge in [-0.25, -0.2) is 4.39 Å². The molecule has 0 atom stereocenters. The maximum atomic E-state index is 13.5. The molecule has 3 rings (SSSR count). The smallest absolute Gasteiger partial charge is 0.387 e. The highest BCUT2D eigenvalue weighted by Crippen LogP contribution is 2.51. The molecule has 0 bridgehead atoms. The third-order valence-electron chi connectivity index (χ3n) is 6.25. The fourth-order valence-electron chi connectivity index (χ4n) is 4.46. The van der Waals surface area contributed by atoms with Crippen molar-refractivity contribution < 1.29 is 27.5 Å².